The molecule has 2 aliphatic carbocycles. The van der Waals surface area contributed by atoms with E-state index in [1.807, 2.05) is 6.07 Å². The van der Waals surface area contributed by atoms with Crippen molar-refractivity contribution in [3.63, 3.8) is 0 Å². The summed E-state index contributed by atoms with van der Waals surface area (Å²) in [5.41, 5.74) is 7.46. The predicted molar refractivity (Wildman–Crippen MR) is 86.9 cm³/mol. The smallest absolute Gasteiger partial charge is 0.233 e. The summed E-state index contributed by atoms with van der Waals surface area (Å²) in [4.78, 5) is 4.69. The largest absolute Gasteiger partial charge is 0.339 e. The highest BCUT2D eigenvalue weighted by atomic mass is 35.5. The van der Waals surface area contributed by atoms with Crippen LogP contribution < -0.4 is 5.73 Å². The highest BCUT2D eigenvalue weighted by Gasteiger charge is 2.50. The summed E-state index contributed by atoms with van der Waals surface area (Å²) >= 11 is 0. The number of halogens is 1. The Balaban J connectivity index is 0.00000144. The number of rotatable bonds is 4. The minimum Gasteiger partial charge on any atom is -0.339 e. The van der Waals surface area contributed by atoms with Gasteiger partial charge in [0.1, 0.15) is 0 Å². The quantitative estimate of drug-likeness (QED) is 0.936. The molecule has 1 aromatic carbocycles. The minimum atomic E-state index is -0.357. The first kappa shape index (κ1) is 15.5. The SMILES string of the molecule is Cl.NC1(c2noc(C3(Cc4ccccc4)CC3)n2)CCCC1. The van der Waals surface area contributed by atoms with Crippen LogP contribution in [0.4, 0.5) is 0 Å². The molecule has 0 unspecified atom stereocenters. The molecule has 0 spiro atoms. The van der Waals surface area contributed by atoms with Crippen LogP contribution in [0.25, 0.3) is 0 Å². The van der Waals surface area contributed by atoms with Crippen molar-refractivity contribution < 1.29 is 4.52 Å². The van der Waals surface area contributed by atoms with Crippen molar-refractivity contribution in [2.45, 2.75) is 55.9 Å². The summed E-state index contributed by atoms with van der Waals surface area (Å²) in [6.07, 6.45) is 7.50. The lowest BCUT2D eigenvalue weighted by Crippen LogP contribution is -2.34. The third kappa shape index (κ3) is 2.66. The molecule has 2 aliphatic rings. The summed E-state index contributed by atoms with van der Waals surface area (Å²) in [7, 11) is 0. The first-order valence-electron chi connectivity index (χ1n) is 7.88. The molecule has 2 aromatic rings. The van der Waals surface area contributed by atoms with E-state index in [1.54, 1.807) is 0 Å². The summed E-state index contributed by atoms with van der Waals surface area (Å²) in [6, 6.07) is 10.5. The molecule has 0 amide bonds. The normalized spacial score (nSPS) is 21.3. The lowest BCUT2D eigenvalue weighted by molar-refractivity contribution is 0.327. The second-order valence-electron chi connectivity index (χ2n) is 6.73. The zero-order chi connectivity index (χ0) is 14.3. The van der Waals surface area contributed by atoms with E-state index in [0.29, 0.717) is 5.82 Å². The number of nitrogens with zero attached hydrogens (tertiary/aromatic N) is 2. The fraction of sp³-hybridized carbons (Fsp3) is 0.529. The molecule has 5 heteroatoms. The van der Waals surface area contributed by atoms with Crippen molar-refractivity contribution in [3.05, 3.63) is 47.6 Å². The van der Waals surface area contributed by atoms with Gasteiger partial charge in [0.25, 0.3) is 0 Å². The van der Waals surface area contributed by atoms with Crippen molar-refractivity contribution in [2.75, 3.05) is 0 Å². The zero-order valence-corrected chi connectivity index (χ0v) is 13.4. The molecule has 22 heavy (non-hydrogen) atoms. The number of benzene rings is 1. The van der Waals surface area contributed by atoms with E-state index in [-0.39, 0.29) is 23.4 Å². The molecule has 0 saturated heterocycles. The molecule has 4 rings (SSSR count). The Morgan fingerprint density at radius 3 is 2.36 bits per heavy atom. The molecule has 1 heterocycles. The summed E-state index contributed by atoms with van der Waals surface area (Å²) < 4.78 is 5.60. The Morgan fingerprint density at radius 2 is 1.73 bits per heavy atom. The average Bonchev–Trinajstić information content (AvgIpc) is 2.93. The number of hydrogen-bond donors (Lipinski definition) is 1. The lowest BCUT2D eigenvalue weighted by atomic mass is 9.95. The third-order valence-electron chi connectivity index (χ3n) is 5.06. The van der Waals surface area contributed by atoms with Crippen molar-refractivity contribution in [3.8, 4) is 0 Å². The molecule has 0 radical (unpaired) electrons. The van der Waals surface area contributed by atoms with Crippen LogP contribution in [0.15, 0.2) is 34.9 Å². The monoisotopic (exact) mass is 319 g/mol. The Hall–Kier alpha value is -1.39. The van der Waals surface area contributed by atoms with Crippen molar-refractivity contribution in [1.82, 2.24) is 10.1 Å². The van der Waals surface area contributed by atoms with Gasteiger partial charge < -0.3 is 10.3 Å². The molecule has 0 bridgehead atoms. The van der Waals surface area contributed by atoms with Crippen molar-refractivity contribution in [2.24, 2.45) is 5.73 Å². The molecular weight excluding hydrogens is 298 g/mol. The van der Waals surface area contributed by atoms with Gasteiger partial charge in [0.2, 0.25) is 5.89 Å². The van der Waals surface area contributed by atoms with Gasteiger partial charge in [-0.3, -0.25) is 0 Å². The second kappa shape index (κ2) is 5.67. The van der Waals surface area contributed by atoms with Gasteiger partial charge in [-0.25, -0.2) is 0 Å². The van der Waals surface area contributed by atoms with Gasteiger partial charge in [-0.1, -0.05) is 48.3 Å². The first-order valence-corrected chi connectivity index (χ1v) is 7.88. The van der Waals surface area contributed by atoms with E-state index >= 15 is 0 Å². The van der Waals surface area contributed by atoms with Crippen molar-refractivity contribution >= 4 is 12.4 Å². The minimum absolute atomic E-state index is 0. The summed E-state index contributed by atoms with van der Waals surface area (Å²) in [6.45, 7) is 0. The van der Waals surface area contributed by atoms with Crippen LogP contribution in [0.2, 0.25) is 0 Å². The molecule has 2 N–H and O–H groups in total. The maximum atomic E-state index is 6.42. The van der Waals surface area contributed by atoms with Crippen LogP contribution in [0.3, 0.4) is 0 Å². The molecule has 2 fully saturated rings. The Morgan fingerprint density at radius 1 is 1.05 bits per heavy atom. The highest BCUT2D eigenvalue weighted by molar-refractivity contribution is 5.85. The van der Waals surface area contributed by atoms with Crippen LogP contribution >= 0.6 is 12.4 Å². The van der Waals surface area contributed by atoms with E-state index < -0.39 is 0 Å². The summed E-state index contributed by atoms with van der Waals surface area (Å²) in [5.74, 6) is 1.51. The molecule has 118 valence electrons. The standard InChI is InChI=1S/C17H21N3O.ClH/c18-17(8-4-5-9-17)14-19-15(21-20-14)16(10-11-16)12-13-6-2-1-3-7-13;/h1-3,6-7H,4-5,8-12,18H2;1H. The molecule has 1 aromatic heterocycles. The first-order chi connectivity index (χ1) is 10.2. The topological polar surface area (TPSA) is 64.9 Å². The molecule has 2 saturated carbocycles. The van der Waals surface area contributed by atoms with E-state index in [2.05, 4.69) is 29.4 Å². The fourth-order valence-electron chi connectivity index (χ4n) is 3.47. The van der Waals surface area contributed by atoms with Gasteiger partial charge >= 0.3 is 0 Å². The molecule has 4 nitrogen and oxygen atoms in total. The van der Waals surface area contributed by atoms with Gasteiger partial charge in [-0.15, -0.1) is 12.4 Å². The highest BCUT2D eigenvalue weighted by Crippen LogP contribution is 2.50. The van der Waals surface area contributed by atoms with Gasteiger partial charge in [-0.2, -0.15) is 4.98 Å². The second-order valence-corrected chi connectivity index (χ2v) is 6.73. The predicted octanol–water partition coefficient (Wildman–Crippen LogP) is 3.49. The van der Waals surface area contributed by atoms with Gasteiger partial charge in [0, 0.05) is 0 Å². The fourth-order valence-corrected chi connectivity index (χ4v) is 3.47. The van der Waals surface area contributed by atoms with Crippen molar-refractivity contribution in [1.29, 1.82) is 0 Å². The van der Waals surface area contributed by atoms with Crippen LogP contribution in [0.5, 0.6) is 0 Å². The van der Waals surface area contributed by atoms with Crippen LogP contribution in [-0.4, -0.2) is 10.1 Å². The Kier molecular flexibility index (Phi) is 4.00. The van der Waals surface area contributed by atoms with Crippen LogP contribution in [-0.2, 0) is 17.4 Å². The zero-order valence-electron chi connectivity index (χ0n) is 12.6. The van der Waals surface area contributed by atoms with Crippen LogP contribution in [0.1, 0.15) is 55.8 Å². The molecule has 0 aliphatic heterocycles. The number of aromatic nitrogens is 2. The van der Waals surface area contributed by atoms with E-state index in [4.69, 9.17) is 15.2 Å². The molecule has 0 atom stereocenters. The maximum absolute atomic E-state index is 6.42. The van der Waals surface area contributed by atoms with Gasteiger partial charge in [-0.05, 0) is 37.7 Å². The molecular formula is C17H22ClN3O. The average molecular weight is 320 g/mol. The van der Waals surface area contributed by atoms with E-state index in [9.17, 15) is 0 Å². The number of hydrogen-bond acceptors (Lipinski definition) is 4. The third-order valence-corrected chi connectivity index (χ3v) is 5.06. The Bertz CT molecular complexity index is 630. The summed E-state index contributed by atoms with van der Waals surface area (Å²) in [5, 5.41) is 4.21. The van der Waals surface area contributed by atoms with E-state index in [0.717, 1.165) is 50.8 Å². The van der Waals surface area contributed by atoms with E-state index in [1.165, 1.54) is 5.56 Å². The van der Waals surface area contributed by atoms with Crippen LogP contribution in [0, 0.1) is 0 Å². The number of nitrogens with two attached hydrogens (primary N) is 1. The van der Waals surface area contributed by atoms with Gasteiger partial charge in [0.15, 0.2) is 5.82 Å². The van der Waals surface area contributed by atoms with Gasteiger partial charge in [0.05, 0.1) is 11.0 Å². The maximum Gasteiger partial charge on any atom is 0.233 e. The Labute approximate surface area is 136 Å². The lowest BCUT2D eigenvalue weighted by Gasteiger charge is -2.18.